The number of carbonyl (C=O) groups excluding carboxylic acids is 5. The van der Waals surface area contributed by atoms with Crippen molar-refractivity contribution in [1.29, 1.82) is 0 Å². The molecule has 127 heavy (non-hydrogen) atoms. The highest BCUT2D eigenvalue weighted by molar-refractivity contribution is 7.89. The van der Waals surface area contributed by atoms with E-state index in [1.165, 1.54) is 29.5 Å². The number of hydrogen-bond acceptors (Lipinski definition) is 11. The first-order valence-electron chi connectivity index (χ1n) is 45.3. The number of hydroxylamine groups is 2. The molecule has 5 amide bonds. The van der Waals surface area contributed by atoms with E-state index in [0.29, 0.717) is 80.2 Å². The monoisotopic (exact) mass is 1740 g/mol. The predicted octanol–water partition coefficient (Wildman–Crippen LogP) is 21.3. The van der Waals surface area contributed by atoms with Crippen molar-refractivity contribution in [3.63, 3.8) is 0 Å². The maximum atomic E-state index is 13.0. The van der Waals surface area contributed by atoms with Gasteiger partial charge in [-0.2, -0.15) is 4.31 Å². The van der Waals surface area contributed by atoms with Gasteiger partial charge in [-0.15, -0.1) is 39.5 Å². The number of rotatable bonds is 26. The molecule has 0 unspecified atom stereocenters. The number of allylic oxidation sites excluding steroid dienone is 3. The second-order valence-electron chi connectivity index (χ2n) is 36.4. The minimum absolute atomic E-state index is 0.00163. The van der Waals surface area contributed by atoms with Gasteiger partial charge >= 0.3 is 0 Å². The number of sulfonamides is 1. The van der Waals surface area contributed by atoms with Crippen LogP contribution in [0, 0.1) is 30.1 Å². The average Bonchev–Trinajstić information content (AvgIpc) is 0.752. The van der Waals surface area contributed by atoms with Crippen molar-refractivity contribution in [2.24, 2.45) is 16.2 Å². The molecule has 0 saturated carbocycles. The number of piperidine rings is 2. The fraction of sp³-hybridized carbons (Fsp3) is 0.404. The van der Waals surface area contributed by atoms with Crippen LogP contribution in [-0.4, -0.2) is 185 Å². The van der Waals surface area contributed by atoms with E-state index < -0.39 is 15.6 Å². The zero-order valence-corrected chi connectivity index (χ0v) is 77.8. The molecule has 0 radical (unpaired) electrons. The van der Waals surface area contributed by atoms with Gasteiger partial charge in [0.15, 0.2) is 0 Å². The Hall–Kier alpha value is -10.7. The number of ether oxygens (including phenoxy) is 1. The summed E-state index contributed by atoms with van der Waals surface area (Å²) in [5.41, 5.74) is 8.68. The molecular weight excluding hydrogens is 1600 g/mol. The van der Waals surface area contributed by atoms with Crippen molar-refractivity contribution in [2.75, 3.05) is 91.8 Å². The first-order valence-corrected chi connectivity index (χ1v) is 46.7. The molecule has 18 heteroatoms. The topological polar surface area (TPSA) is 164 Å². The van der Waals surface area contributed by atoms with Gasteiger partial charge in [0.25, 0.3) is 23.6 Å². The first kappa shape index (κ1) is 100. The van der Waals surface area contributed by atoms with Crippen molar-refractivity contribution in [1.82, 2.24) is 38.8 Å². The van der Waals surface area contributed by atoms with Crippen molar-refractivity contribution >= 4 is 39.6 Å². The molecule has 14 rings (SSSR count). The van der Waals surface area contributed by atoms with Crippen LogP contribution < -0.4 is 0 Å². The van der Waals surface area contributed by atoms with Crippen LogP contribution in [0.2, 0.25) is 0 Å². The number of hydrogen-bond donors (Lipinski definition) is 0. The Morgan fingerprint density at radius 1 is 0.409 bits per heavy atom. The Bertz CT molecular complexity index is 4940. The average molecular weight is 1740 g/mol. The quantitative estimate of drug-likeness (QED) is 0.0474. The Labute approximate surface area is 760 Å². The highest BCUT2D eigenvalue weighted by Gasteiger charge is 2.44. The van der Waals surface area contributed by atoms with Crippen LogP contribution in [-0.2, 0) is 44.1 Å². The van der Waals surface area contributed by atoms with E-state index in [1.807, 2.05) is 247 Å². The summed E-state index contributed by atoms with van der Waals surface area (Å²) >= 11 is 0. The van der Waals surface area contributed by atoms with E-state index in [2.05, 4.69) is 132 Å². The number of carbonyl (C=O) groups is 5. The van der Waals surface area contributed by atoms with Gasteiger partial charge in [-0.25, -0.2) is 13.5 Å². The largest absolute Gasteiger partial charge is 0.381 e. The highest BCUT2D eigenvalue weighted by Crippen LogP contribution is 2.40. The summed E-state index contributed by atoms with van der Waals surface area (Å²) in [5, 5.41) is 1.56. The van der Waals surface area contributed by atoms with Gasteiger partial charge in [0.05, 0.1) is 23.6 Å². The van der Waals surface area contributed by atoms with E-state index in [0.717, 1.165) is 146 Å². The lowest BCUT2D eigenvalue weighted by molar-refractivity contribution is -0.209. The standard InChI is InChI=1S/C23H28N2O.C22H24N2O2.C22H26N2O.C17H23NO2.C16H23NO2S.C9H16O/c1-4-14-23(3)18-24(22(26)21-12-10-19(2)11-13-21)15-16-25(23)17-20-8-6-5-7-9-20;1-3-14-22(2)17-23(20(25)18-10-6-4-7-11-18)15-16-24(22)21(26)19-12-8-5-9-13-19;1-3-14-22(2)18-23(21(25)20-12-8-5-9-13-20)15-16-24(22)17-19-10-6-4-7-11-19;1-3-11-17(4-2)12-10-16(19)18(14-17)20-13-15-8-6-5-7-9-15;1-4-10-16(3)11-5-12-17(13-16)20(18,19)15-8-6-14(2)7-9-15;1-3-5-9(2)6-4-7-10-8-9/h4-13H,1,14-18H2,2-3H3;3-13H,1,14-17H2,2H3;3-13H,1,14-18H2,2H3;3,5-9H,1,4,10-14H2,2H3;4,6-9H,1,5,10-13H2,2-3H3;3H,1,4-8H2,2H3/t23-;2*22-;17-;16-;9-/m000111/s1. The smallest absolute Gasteiger partial charge is 0.254 e. The van der Waals surface area contributed by atoms with E-state index in [4.69, 9.17) is 9.57 Å². The molecule has 0 bridgehead atoms. The Morgan fingerprint density at radius 3 is 1.23 bits per heavy atom. The molecule has 6 fully saturated rings. The van der Waals surface area contributed by atoms with Crippen LogP contribution >= 0.6 is 0 Å². The van der Waals surface area contributed by atoms with Gasteiger partial charge in [0, 0.05) is 131 Å². The molecule has 0 spiro atoms. The zero-order valence-electron chi connectivity index (χ0n) is 77.0. The summed E-state index contributed by atoms with van der Waals surface area (Å²) in [7, 11) is -3.37. The minimum atomic E-state index is -3.37. The van der Waals surface area contributed by atoms with E-state index in [1.54, 1.807) is 21.5 Å². The Balaban J connectivity index is 0.000000175. The maximum Gasteiger partial charge on any atom is 0.254 e. The molecule has 0 aliphatic carbocycles. The van der Waals surface area contributed by atoms with Crippen LogP contribution in [0.15, 0.2) is 311 Å². The number of nitrogens with zero attached hydrogens (tertiary/aromatic N) is 8. The second kappa shape index (κ2) is 48.5. The fourth-order valence-electron chi connectivity index (χ4n) is 18.0. The maximum absolute atomic E-state index is 13.0. The molecular formula is C109H140N8O9S. The minimum Gasteiger partial charge on any atom is -0.381 e. The normalized spacial score (nSPS) is 22.6. The first-order chi connectivity index (χ1) is 61.0. The molecule has 676 valence electrons. The predicted molar refractivity (Wildman–Crippen MR) is 517 cm³/mol. The van der Waals surface area contributed by atoms with Crippen LogP contribution in [0.1, 0.15) is 194 Å². The van der Waals surface area contributed by atoms with Crippen molar-refractivity contribution in [3.05, 3.63) is 357 Å². The van der Waals surface area contributed by atoms with Crippen molar-refractivity contribution in [2.45, 2.75) is 180 Å². The molecule has 8 aromatic carbocycles. The second-order valence-corrected chi connectivity index (χ2v) is 38.4. The lowest BCUT2D eigenvalue weighted by Gasteiger charge is -2.49. The van der Waals surface area contributed by atoms with Crippen LogP contribution in [0.4, 0.5) is 0 Å². The summed E-state index contributed by atoms with van der Waals surface area (Å²) in [4.78, 5) is 82.5. The molecule has 0 N–H and O–H groups in total. The summed E-state index contributed by atoms with van der Waals surface area (Å²) in [6.45, 7) is 52.4. The van der Waals surface area contributed by atoms with Crippen LogP contribution in [0.25, 0.3) is 0 Å². The summed E-state index contributed by atoms with van der Waals surface area (Å²) in [5.74, 6) is 0.346. The summed E-state index contributed by atoms with van der Waals surface area (Å²) in [6, 6.07) is 74.1. The lowest BCUT2D eigenvalue weighted by atomic mass is 9.75. The van der Waals surface area contributed by atoms with Gasteiger partial charge in [-0.1, -0.05) is 238 Å². The van der Waals surface area contributed by atoms with Gasteiger partial charge < -0.3 is 24.3 Å². The van der Waals surface area contributed by atoms with Gasteiger partial charge in [-0.05, 0) is 205 Å². The molecule has 6 atom stereocenters. The van der Waals surface area contributed by atoms with Gasteiger partial charge in [0.1, 0.15) is 6.61 Å². The van der Waals surface area contributed by atoms with E-state index >= 15 is 0 Å². The number of amides is 5. The fourth-order valence-corrected chi connectivity index (χ4v) is 19.6. The SMILES string of the molecule is C=CC[C@@]1(C)CN(C(=O)c2ccc(C)cc2)CCN1Cc1ccccc1.C=CC[C@@]1(C)CN(C(=O)c2ccccc2)CCN1C(=O)c1ccccc1.C=CC[C@@]1(C)CN(C(=O)c2ccccc2)CCN1Cc1ccccc1.C=CC[C@]1(C)CCCN(S(=O)(=O)c2ccc(C)cc2)C1.C=CC[C@]1(C)CCCOC1.C=CC[C@]1(CC)CCC(=O)N(OCc2ccccc2)C1. The third kappa shape index (κ3) is 28.9. The van der Waals surface area contributed by atoms with Crippen LogP contribution in [0.5, 0.6) is 0 Å². The molecule has 6 aliphatic rings. The van der Waals surface area contributed by atoms with E-state index in [9.17, 15) is 32.4 Å². The molecule has 6 aliphatic heterocycles. The third-order valence-electron chi connectivity index (χ3n) is 25.7. The van der Waals surface area contributed by atoms with E-state index in [-0.39, 0.29) is 51.4 Å². The number of piperazine rings is 3. The van der Waals surface area contributed by atoms with Crippen molar-refractivity contribution in [3.8, 4) is 0 Å². The highest BCUT2D eigenvalue weighted by atomic mass is 32.2. The molecule has 6 saturated heterocycles. The Kier molecular flexibility index (Phi) is 38.2. The molecule has 17 nitrogen and oxygen atoms in total. The molecule has 8 aromatic rings. The third-order valence-corrected chi connectivity index (χ3v) is 27.5. The number of benzene rings is 8. The zero-order chi connectivity index (χ0) is 91.5. The summed E-state index contributed by atoms with van der Waals surface area (Å²) in [6.07, 6.45) is 23.8. The summed E-state index contributed by atoms with van der Waals surface area (Å²) < 4.78 is 32.4. The van der Waals surface area contributed by atoms with Gasteiger partial charge in [0.2, 0.25) is 15.9 Å². The number of aryl methyl sites for hydroxylation is 2. The molecule has 6 heterocycles. The van der Waals surface area contributed by atoms with Gasteiger partial charge in [-0.3, -0.25) is 38.6 Å². The Morgan fingerprint density at radius 2 is 0.795 bits per heavy atom. The lowest BCUT2D eigenvalue weighted by Crippen LogP contribution is -2.63. The molecule has 0 aromatic heterocycles. The van der Waals surface area contributed by atoms with Crippen LogP contribution in [0.3, 0.4) is 0 Å². The van der Waals surface area contributed by atoms with Crippen molar-refractivity contribution < 1.29 is 42.0 Å².